The molecule has 1 aromatic rings. The summed E-state index contributed by atoms with van der Waals surface area (Å²) >= 11 is 0. The van der Waals surface area contributed by atoms with Crippen molar-refractivity contribution in [1.82, 2.24) is 0 Å². The first-order chi connectivity index (χ1) is 10.1. The van der Waals surface area contributed by atoms with Gasteiger partial charge in [0.25, 0.3) is 0 Å². The first-order valence-electron chi connectivity index (χ1n) is 7.23. The number of carbonyl (C=O) groups is 3. The molecule has 0 radical (unpaired) electrons. The van der Waals surface area contributed by atoms with Gasteiger partial charge in [0.05, 0.1) is 11.3 Å². The number of nitrogens with one attached hydrogen (secondary N) is 1. The monoisotopic (exact) mass is 305 g/mol. The van der Waals surface area contributed by atoms with Gasteiger partial charge in [-0.2, -0.15) is 0 Å². The average molecular weight is 305 g/mol. The SMILES string of the molecule is CC(C)C(=O)Nc1ccccc1C(=O)OCC(=O)C(C)(C)C. The minimum absolute atomic E-state index is 0.162. The molecule has 0 atom stereocenters. The molecule has 0 bridgehead atoms. The number of hydrogen-bond acceptors (Lipinski definition) is 4. The van der Waals surface area contributed by atoms with E-state index in [0.717, 1.165) is 0 Å². The molecule has 1 N–H and O–H groups in total. The third-order valence-electron chi connectivity index (χ3n) is 3.10. The molecule has 5 heteroatoms. The van der Waals surface area contributed by atoms with Crippen molar-refractivity contribution in [3.05, 3.63) is 29.8 Å². The van der Waals surface area contributed by atoms with E-state index in [2.05, 4.69) is 5.32 Å². The van der Waals surface area contributed by atoms with E-state index in [1.807, 2.05) is 0 Å². The zero-order chi connectivity index (χ0) is 16.9. The van der Waals surface area contributed by atoms with E-state index in [0.29, 0.717) is 5.69 Å². The van der Waals surface area contributed by atoms with Crippen molar-refractivity contribution < 1.29 is 19.1 Å². The summed E-state index contributed by atoms with van der Waals surface area (Å²) in [5.74, 6) is -1.18. The van der Waals surface area contributed by atoms with Crippen LogP contribution >= 0.6 is 0 Å². The molecule has 1 aromatic carbocycles. The van der Waals surface area contributed by atoms with Gasteiger partial charge in [0.15, 0.2) is 12.4 Å². The Labute approximate surface area is 131 Å². The Kier molecular flexibility index (Phi) is 5.85. The van der Waals surface area contributed by atoms with E-state index in [-0.39, 0.29) is 29.8 Å². The number of benzene rings is 1. The molecule has 0 aromatic heterocycles. The maximum absolute atomic E-state index is 12.1. The maximum Gasteiger partial charge on any atom is 0.340 e. The third kappa shape index (κ3) is 4.98. The van der Waals surface area contributed by atoms with Gasteiger partial charge >= 0.3 is 5.97 Å². The first-order valence-corrected chi connectivity index (χ1v) is 7.23. The maximum atomic E-state index is 12.1. The summed E-state index contributed by atoms with van der Waals surface area (Å²) in [7, 11) is 0. The summed E-state index contributed by atoms with van der Waals surface area (Å²) in [5.41, 5.74) is 0.0543. The highest BCUT2D eigenvalue weighted by molar-refractivity contribution is 6.02. The summed E-state index contributed by atoms with van der Waals surface area (Å²) in [6.07, 6.45) is 0. The van der Waals surface area contributed by atoms with Gasteiger partial charge in [-0.1, -0.05) is 46.8 Å². The first kappa shape index (κ1) is 17.9. The van der Waals surface area contributed by atoms with E-state index in [4.69, 9.17) is 4.74 Å². The molecule has 0 aliphatic rings. The van der Waals surface area contributed by atoms with Crippen LogP contribution < -0.4 is 5.32 Å². The lowest BCUT2D eigenvalue weighted by Crippen LogP contribution is -2.27. The lowest BCUT2D eigenvalue weighted by atomic mass is 9.91. The molecule has 0 heterocycles. The van der Waals surface area contributed by atoms with E-state index in [1.54, 1.807) is 58.9 Å². The summed E-state index contributed by atoms with van der Waals surface area (Å²) in [6, 6.07) is 6.57. The fraction of sp³-hybridized carbons (Fsp3) is 0.471. The minimum Gasteiger partial charge on any atom is -0.454 e. The third-order valence-corrected chi connectivity index (χ3v) is 3.10. The molecule has 120 valence electrons. The average Bonchev–Trinajstić information content (AvgIpc) is 2.43. The zero-order valence-electron chi connectivity index (χ0n) is 13.7. The second-order valence-electron chi connectivity index (χ2n) is 6.44. The van der Waals surface area contributed by atoms with Crippen molar-refractivity contribution in [2.75, 3.05) is 11.9 Å². The largest absolute Gasteiger partial charge is 0.454 e. The van der Waals surface area contributed by atoms with Crippen molar-refractivity contribution in [3.8, 4) is 0 Å². The van der Waals surface area contributed by atoms with Crippen LogP contribution in [-0.2, 0) is 14.3 Å². The molecule has 5 nitrogen and oxygen atoms in total. The summed E-state index contributed by atoms with van der Waals surface area (Å²) in [4.78, 5) is 35.7. The highest BCUT2D eigenvalue weighted by Gasteiger charge is 2.23. The molecule has 1 rings (SSSR count). The standard InChI is InChI=1S/C17H23NO4/c1-11(2)15(20)18-13-9-7-6-8-12(13)16(21)22-10-14(19)17(3,4)5/h6-9,11H,10H2,1-5H3,(H,18,20). The second kappa shape index (κ2) is 7.20. The van der Waals surface area contributed by atoms with E-state index < -0.39 is 11.4 Å². The van der Waals surface area contributed by atoms with Crippen molar-refractivity contribution in [2.24, 2.45) is 11.3 Å². The molecule has 1 amide bonds. The zero-order valence-corrected chi connectivity index (χ0v) is 13.7. The van der Waals surface area contributed by atoms with Crippen LogP contribution in [0.25, 0.3) is 0 Å². The topological polar surface area (TPSA) is 72.5 Å². The number of ether oxygens (including phenoxy) is 1. The smallest absolute Gasteiger partial charge is 0.340 e. The number of rotatable bonds is 5. The number of esters is 1. The highest BCUT2D eigenvalue weighted by Crippen LogP contribution is 2.19. The summed E-state index contributed by atoms with van der Waals surface area (Å²) < 4.78 is 5.06. The molecular formula is C17H23NO4. The molecule has 0 saturated carbocycles. The van der Waals surface area contributed by atoms with Crippen molar-refractivity contribution >= 4 is 23.3 Å². The van der Waals surface area contributed by atoms with Gasteiger partial charge in [-0.25, -0.2) is 4.79 Å². The number of para-hydroxylation sites is 1. The summed E-state index contributed by atoms with van der Waals surface area (Å²) in [6.45, 7) is 8.53. The predicted octanol–water partition coefficient (Wildman–Crippen LogP) is 3.05. The molecular weight excluding hydrogens is 282 g/mol. The van der Waals surface area contributed by atoms with Crippen LogP contribution in [0.15, 0.2) is 24.3 Å². The van der Waals surface area contributed by atoms with Crippen LogP contribution in [-0.4, -0.2) is 24.3 Å². The van der Waals surface area contributed by atoms with Crippen molar-refractivity contribution in [2.45, 2.75) is 34.6 Å². The van der Waals surface area contributed by atoms with E-state index in [1.165, 1.54) is 0 Å². The molecule has 0 aliphatic carbocycles. The Bertz CT molecular complexity index is 570. The number of carbonyl (C=O) groups excluding carboxylic acids is 3. The molecule has 0 unspecified atom stereocenters. The predicted molar refractivity (Wildman–Crippen MR) is 84.7 cm³/mol. The fourth-order valence-corrected chi connectivity index (χ4v) is 1.47. The van der Waals surface area contributed by atoms with Gasteiger partial charge in [-0.05, 0) is 12.1 Å². The number of amides is 1. The Morgan fingerprint density at radius 3 is 2.27 bits per heavy atom. The van der Waals surface area contributed by atoms with Crippen LogP contribution in [0, 0.1) is 11.3 Å². The van der Waals surface area contributed by atoms with Crippen LogP contribution in [0.2, 0.25) is 0 Å². The van der Waals surface area contributed by atoms with Gasteiger partial charge in [-0.15, -0.1) is 0 Å². The quantitative estimate of drug-likeness (QED) is 0.849. The Hall–Kier alpha value is -2.17. The van der Waals surface area contributed by atoms with Gasteiger partial charge < -0.3 is 10.1 Å². The second-order valence-corrected chi connectivity index (χ2v) is 6.44. The van der Waals surface area contributed by atoms with Crippen molar-refractivity contribution in [3.63, 3.8) is 0 Å². The van der Waals surface area contributed by atoms with Crippen molar-refractivity contribution in [1.29, 1.82) is 0 Å². The minimum atomic E-state index is -0.628. The van der Waals surface area contributed by atoms with Gasteiger partial charge in [-0.3, -0.25) is 9.59 Å². The fourth-order valence-electron chi connectivity index (χ4n) is 1.47. The van der Waals surface area contributed by atoms with Gasteiger partial charge in [0.1, 0.15) is 0 Å². The molecule has 0 saturated heterocycles. The van der Waals surface area contributed by atoms with Gasteiger partial charge in [0, 0.05) is 11.3 Å². The van der Waals surface area contributed by atoms with Crippen LogP contribution in [0.3, 0.4) is 0 Å². The number of Topliss-reactive ketones (excluding diaryl/α,β-unsaturated/α-hetero) is 1. The Morgan fingerprint density at radius 1 is 1.14 bits per heavy atom. The Morgan fingerprint density at radius 2 is 1.73 bits per heavy atom. The van der Waals surface area contributed by atoms with Crippen LogP contribution in [0.5, 0.6) is 0 Å². The lowest BCUT2D eigenvalue weighted by molar-refractivity contribution is -0.129. The number of hydrogen-bond donors (Lipinski definition) is 1. The lowest BCUT2D eigenvalue weighted by Gasteiger charge is -2.17. The normalized spacial score (nSPS) is 11.2. The van der Waals surface area contributed by atoms with Crippen LogP contribution in [0.1, 0.15) is 45.0 Å². The summed E-state index contributed by atoms with van der Waals surface area (Å²) in [5, 5.41) is 2.68. The number of ketones is 1. The van der Waals surface area contributed by atoms with E-state index >= 15 is 0 Å². The number of anilines is 1. The molecule has 0 aliphatic heterocycles. The van der Waals surface area contributed by atoms with Crippen LogP contribution in [0.4, 0.5) is 5.69 Å². The molecule has 0 spiro atoms. The highest BCUT2D eigenvalue weighted by atomic mass is 16.5. The van der Waals surface area contributed by atoms with Gasteiger partial charge in [0.2, 0.25) is 5.91 Å². The van der Waals surface area contributed by atoms with E-state index in [9.17, 15) is 14.4 Å². The molecule has 22 heavy (non-hydrogen) atoms. The molecule has 0 fully saturated rings. The Balaban J connectivity index is 2.82.